The van der Waals surface area contributed by atoms with Crippen LogP contribution in [0.25, 0.3) is 0 Å². The molecular weight excluding hydrogens is 228 g/mol. The number of nitriles is 1. The van der Waals surface area contributed by atoms with Gasteiger partial charge in [-0.1, -0.05) is 0 Å². The van der Waals surface area contributed by atoms with Crippen LogP contribution in [0, 0.1) is 17.1 Å². The smallest absolute Gasteiger partial charge is 0.365 e. The third kappa shape index (κ3) is 2.11. The number of amides is 1. The number of halogens is 4. The Kier molecular flexibility index (Phi) is 2.85. The molecule has 1 aromatic carbocycles. The minimum absolute atomic E-state index is 0.378. The fourth-order valence-corrected chi connectivity index (χ4v) is 1.15. The molecule has 84 valence electrons. The van der Waals surface area contributed by atoms with Gasteiger partial charge in [0.05, 0.1) is 22.8 Å². The van der Waals surface area contributed by atoms with E-state index in [1.807, 2.05) is 0 Å². The highest BCUT2D eigenvalue weighted by molar-refractivity contribution is 5.95. The molecule has 0 aromatic heterocycles. The summed E-state index contributed by atoms with van der Waals surface area (Å²) in [7, 11) is 0. The first kappa shape index (κ1) is 12.0. The molecule has 2 N–H and O–H groups in total. The Hall–Kier alpha value is -2.10. The minimum atomic E-state index is -4.95. The summed E-state index contributed by atoms with van der Waals surface area (Å²) in [4.78, 5) is 10.7. The fourth-order valence-electron chi connectivity index (χ4n) is 1.15. The van der Waals surface area contributed by atoms with Crippen molar-refractivity contribution in [2.45, 2.75) is 6.18 Å². The van der Waals surface area contributed by atoms with Gasteiger partial charge >= 0.3 is 6.18 Å². The van der Waals surface area contributed by atoms with Crippen LogP contribution in [-0.2, 0) is 6.18 Å². The van der Waals surface area contributed by atoms with Gasteiger partial charge in [0.2, 0.25) is 0 Å². The van der Waals surface area contributed by atoms with Crippen LogP contribution in [0.2, 0.25) is 0 Å². The fraction of sp³-hybridized carbons (Fsp3) is 0.111. The molecule has 0 saturated carbocycles. The first-order valence-electron chi connectivity index (χ1n) is 3.88. The van der Waals surface area contributed by atoms with E-state index >= 15 is 0 Å². The second kappa shape index (κ2) is 3.81. The number of primary amides is 1. The molecule has 1 aromatic rings. The zero-order chi connectivity index (χ0) is 12.5. The Morgan fingerprint density at radius 2 is 1.94 bits per heavy atom. The quantitative estimate of drug-likeness (QED) is 0.750. The van der Waals surface area contributed by atoms with Gasteiger partial charge in [-0.3, -0.25) is 4.79 Å². The first-order valence-corrected chi connectivity index (χ1v) is 3.88. The van der Waals surface area contributed by atoms with Gasteiger partial charge in [-0.25, -0.2) is 4.39 Å². The number of benzene rings is 1. The number of nitrogens with zero attached hydrogens (tertiary/aromatic N) is 1. The van der Waals surface area contributed by atoms with Crippen LogP contribution in [0.15, 0.2) is 12.1 Å². The molecule has 1 amide bonds. The molecule has 0 aliphatic heterocycles. The van der Waals surface area contributed by atoms with Crippen LogP contribution >= 0.6 is 0 Å². The second-order valence-corrected chi connectivity index (χ2v) is 2.85. The summed E-state index contributed by atoms with van der Waals surface area (Å²) in [6.45, 7) is 0. The maximum Gasteiger partial charge on any atom is 0.417 e. The number of hydrogen-bond donors (Lipinski definition) is 1. The van der Waals surface area contributed by atoms with Crippen molar-refractivity contribution < 1.29 is 22.4 Å². The standard InChI is InChI=1S/C9H4F4N2O/c10-6-2-4(3-14)1-5(9(11,12)13)7(6)8(15)16/h1-2H,(H2,15,16). The lowest BCUT2D eigenvalue weighted by molar-refractivity contribution is -0.138. The molecule has 0 aliphatic carbocycles. The highest BCUT2D eigenvalue weighted by atomic mass is 19.4. The van der Waals surface area contributed by atoms with Crippen molar-refractivity contribution in [1.82, 2.24) is 0 Å². The van der Waals surface area contributed by atoms with Crippen LogP contribution in [0.1, 0.15) is 21.5 Å². The van der Waals surface area contributed by atoms with Crippen LogP contribution in [0.3, 0.4) is 0 Å². The van der Waals surface area contributed by atoms with Crippen molar-refractivity contribution in [3.05, 3.63) is 34.6 Å². The van der Waals surface area contributed by atoms with E-state index in [-0.39, 0.29) is 0 Å². The molecule has 3 nitrogen and oxygen atoms in total. The summed E-state index contributed by atoms with van der Waals surface area (Å²) in [6, 6.07) is 2.26. The van der Waals surface area contributed by atoms with E-state index in [0.717, 1.165) is 0 Å². The maximum absolute atomic E-state index is 13.1. The van der Waals surface area contributed by atoms with Gasteiger partial charge in [0.15, 0.2) is 0 Å². The van der Waals surface area contributed by atoms with E-state index in [1.54, 1.807) is 0 Å². The summed E-state index contributed by atoms with van der Waals surface area (Å²) >= 11 is 0. The molecule has 7 heteroatoms. The zero-order valence-corrected chi connectivity index (χ0v) is 7.60. The predicted octanol–water partition coefficient (Wildman–Crippen LogP) is 1.82. The Morgan fingerprint density at radius 1 is 1.38 bits per heavy atom. The molecule has 0 saturated heterocycles. The van der Waals surface area contributed by atoms with Gasteiger partial charge in [-0.05, 0) is 12.1 Å². The van der Waals surface area contributed by atoms with E-state index < -0.39 is 34.6 Å². The van der Waals surface area contributed by atoms with Crippen LogP contribution in [-0.4, -0.2) is 5.91 Å². The van der Waals surface area contributed by atoms with Crippen molar-refractivity contribution in [2.24, 2.45) is 5.73 Å². The van der Waals surface area contributed by atoms with Crippen molar-refractivity contribution >= 4 is 5.91 Å². The monoisotopic (exact) mass is 232 g/mol. The molecule has 16 heavy (non-hydrogen) atoms. The SMILES string of the molecule is N#Cc1cc(F)c(C(N)=O)c(C(F)(F)F)c1. The third-order valence-electron chi connectivity index (χ3n) is 1.77. The van der Waals surface area contributed by atoms with Crippen LogP contribution in [0.5, 0.6) is 0 Å². The van der Waals surface area contributed by atoms with Gasteiger partial charge in [0, 0.05) is 0 Å². The average Bonchev–Trinajstić information content (AvgIpc) is 2.14. The lowest BCUT2D eigenvalue weighted by atomic mass is 10.0. The highest BCUT2D eigenvalue weighted by Gasteiger charge is 2.37. The number of carbonyl (C=O) groups excluding carboxylic acids is 1. The lowest BCUT2D eigenvalue weighted by Crippen LogP contribution is -2.21. The summed E-state index contributed by atoms with van der Waals surface area (Å²) < 4.78 is 50.4. The van der Waals surface area contributed by atoms with Gasteiger partial charge in [0.25, 0.3) is 5.91 Å². The van der Waals surface area contributed by atoms with E-state index in [2.05, 4.69) is 5.73 Å². The molecule has 0 aliphatic rings. The van der Waals surface area contributed by atoms with Gasteiger partial charge < -0.3 is 5.73 Å². The van der Waals surface area contributed by atoms with E-state index in [1.165, 1.54) is 6.07 Å². The average molecular weight is 232 g/mol. The summed E-state index contributed by atoms with van der Waals surface area (Å²) in [5, 5.41) is 8.38. The van der Waals surface area contributed by atoms with Crippen LogP contribution < -0.4 is 5.73 Å². The van der Waals surface area contributed by atoms with Gasteiger partial charge in [-0.15, -0.1) is 0 Å². The normalized spacial score (nSPS) is 10.9. The van der Waals surface area contributed by atoms with Crippen molar-refractivity contribution in [1.29, 1.82) is 5.26 Å². The first-order chi connectivity index (χ1) is 7.27. The largest absolute Gasteiger partial charge is 0.417 e. The predicted molar refractivity (Wildman–Crippen MR) is 44.6 cm³/mol. The molecule has 0 spiro atoms. The summed E-state index contributed by atoms with van der Waals surface area (Å²) in [5.74, 6) is -2.99. The van der Waals surface area contributed by atoms with E-state index in [9.17, 15) is 22.4 Å². The van der Waals surface area contributed by atoms with Crippen molar-refractivity contribution in [2.75, 3.05) is 0 Å². The number of nitrogens with two attached hydrogens (primary N) is 1. The Balaban J connectivity index is 3.61. The topological polar surface area (TPSA) is 66.9 Å². The maximum atomic E-state index is 13.1. The number of rotatable bonds is 1. The van der Waals surface area contributed by atoms with E-state index in [0.29, 0.717) is 12.1 Å². The Morgan fingerprint density at radius 3 is 2.31 bits per heavy atom. The molecular formula is C9H4F4N2O. The molecule has 0 heterocycles. The molecule has 0 bridgehead atoms. The van der Waals surface area contributed by atoms with Crippen molar-refractivity contribution in [3.8, 4) is 6.07 Å². The molecule has 1 rings (SSSR count). The number of carbonyl (C=O) groups is 1. The second-order valence-electron chi connectivity index (χ2n) is 2.85. The van der Waals surface area contributed by atoms with Gasteiger partial charge in [0.1, 0.15) is 5.82 Å². The molecule has 0 atom stereocenters. The number of hydrogen-bond acceptors (Lipinski definition) is 2. The minimum Gasteiger partial charge on any atom is -0.365 e. The van der Waals surface area contributed by atoms with Crippen LogP contribution in [0.4, 0.5) is 17.6 Å². The third-order valence-corrected chi connectivity index (χ3v) is 1.77. The zero-order valence-electron chi connectivity index (χ0n) is 7.60. The molecule has 0 radical (unpaired) electrons. The number of alkyl halides is 3. The summed E-state index contributed by atoms with van der Waals surface area (Å²) in [5.41, 5.74) is 1.31. The van der Waals surface area contributed by atoms with Gasteiger partial charge in [-0.2, -0.15) is 18.4 Å². The lowest BCUT2D eigenvalue weighted by Gasteiger charge is -2.11. The Labute approximate surface area is 87.1 Å². The molecule has 0 unspecified atom stereocenters. The molecule has 0 fully saturated rings. The highest BCUT2D eigenvalue weighted by Crippen LogP contribution is 2.33. The van der Waals surface area contributed by atoms with E-state index in [4.69, 9.17) is 5.26 Å². The Bertz CT molecular complexity index is 488. The summed E-state index contributed by atoms with van der Waals surface area (Å²) in [6.07, 6.45) is -4.95. The van der Waals surface area contributed by atoms with Crippen molar-refractivity contribution in [3.63, 3.8) is 0 Å².